The first-order valence-corrected chi connectivity index (χ1v) is 11.1. The molecule has 0 saturated carbocycles. The van der Waals surface area contributed by atoms with Crippen LogP contribution in [0.1, 0.15) is 32.1 Å². The van der Waals surface area contributed by atoms with E-state index in [1.54, 1.807) is 6.07 Å². The smallest absolute Gasteiger partial charge is 0.171 e. The van der Waals surface area contributed by atoms with Crippen molar-refractivity contribution in [3.05, 3.63) is 54.7 Å². The first kappa shape index (κ1) is 19.3. The summed E-state index contributed by atoms with van der Waals surface area (Å²) in [6.45, 7) is 3.50. The molecule has 1 fully saturated rings. The van der Waals surface area contributed by atoms with Crippen LogP contribution >= 0.6 is 0 Å². The van der Waals surface area contributed by atoms with E-state index in [1.165, 1.54) is 45.2 Å². The lowest BCUT2D eigenvalue weighted by Gasteiger charge is -2.28. The van der Waals surface area contributed by atoms with Crippen molar-refractivity contribution in [1.82, 2.24) is 19.2 Å². The van der Waals surface area contributed by atoms with Crippen LogP contribution < -0.4 is 0 Å². The number of fused-ring (bicyclic) bond motifs is 2. The van der Waals surface area contributed by atoms with Gasteiger partial charge >= 0.3 is 0 Å². The highest BCUT2D eigenvalue weighted by Gasteiger charge is 2.17. The third-order valence-corrected chi connectivity index (χ3v) is 6.66. The van der Waals surface area contributed by atoms with E-state index in [9.17, 15) is 4.48 Å². The molecule has 0 spiro atoms. The van der Waals surface area contributed by atoms with Crippen LogP contribution in [0.4, 0.5) is 4.48 Å². The third kappa shape index (κ3) is 3.63. The predicted octanol–water partition coefficient (Wildman–Crippen LogP) is 5.90. The molecule has 2 aromatic heterocycles. The van der Waals surface area contributed by atoms with Crippen LogP contribution in [0.15, 0.2) is 54.7 Å². The lowest BCUT2D eigenvalue weighted by molar-refractivity contribution is 0.209. The van der Waals surface area contributed by atoms with Crippen molar-refractivity contribution in [3.63, 3.8) is 0 Å². The monoisotopic (exact) mass is 404 g/mol. The van der Waals surface area contributed by atoms with Crippen LogP contribution in [-0.2, 0) is 6.54 Å². The predicted molar refractivity (Wildman–Crippen MR) is 121 cm³/mol. The molecule has 0 N–H and O–H groups in total. The summed E-state index contributed by atoms with van der Waals surface area (Å²) in [7, 11) is 2.22. The van der Waals surface area contributed by atoms with Gasteiger partial charge in [-0.1, -0.05) is 41.6 Å². The Morgan fingerprint density at radius 3 is 2.60 bits per heavy atom. The van der Waals surface area contributed by atoms with Crippen LogP contribution in [0, 0.1) is 5.92 Å². The van der Waals surface area contributed by atoms with Gasteiger partial charge < -0.3 is 9.47 Å². The molecule has 4 aromatic rings. The first-order valence-electron chi connectivity index (χ1n) is 11.1. The number of unbranched alkanes of at least 4 members (excludes halogenated alkanes) is 1. The van der Waals surface area contributed by atoms with E-state index in [4.69, 9.17) is 0 Å². The Kier molecular flexibility index (Phi) is 5.30. The molecule has 1 aliphatic heterocycles. The van der Waals surface area contributed by atoms with Gasteiger partial charge in [-0.2, -0.15) is 4.79 Å². The average molecular weight is 405 g/mol. The summed E-state index contributed by atoms with van der Waals surface area (Å²) in [5, 5.41) is 1.06. The maximum atomic E-state index is 14.9. The van der Waals surface area contributed by atoms with E-state index < -0.39 is 0 Å². The van der Waals surface area contributed by atoms with Crippen molar-refractivity contribution in [2.24, 2.45) is 5.92 Å². The molecule has 30 heavy (non-hydrogen) atoms. The lowest BCUT2D eigenvalue weighted by atomic mass is 9.92. The molecule has 1 saturated heterocycles. The maximum Gasteiger partial charge on any atom is 0.171 e. The molecule has 2 aromatic carbocycles. The SMILES string of the molecule is CN1CCC(CCCCn2ccc3c(-c4nc5ccccc5n4F)cccc32)CC1. The van der Waals surface area contributed by atoms with Crippen molar-refractivity contribution in [3.8, 4) is 11.4 Å². The number of rotatable bonds is 6. The summed E-state index contributed by atoms with van der Waals surface area (Å²) >= 11 is 0. The summed E-state index contributed by atoms with van der Waals surface area (Å²) in [4.78, 5) is 7.70. The molecule has 3 heterocycles. The fraction of sp³-hybridized carbons (Fsp3) is 0.400. The van der Waals surface area contributed by atoms with Crippen LogP contribution in [-0.4, -0.2) is 39.4 Å². The molecule has 156 valence electrons. The zero-order valence-corrected chi connectivity index (χ0v) is 17.6. The third-order valence-electron chi connectivity index (χ3n) is 6.66. The van der Waals surface area contributed by atoms with E-state index in [1.807, 2.05) is 30.3 Å². The zero-order chi connectivity index (χ0) is 20.5. The Balaban J connectivity index is 1.32. The number of aromatic nitrogens is 3. The Hall–Kier alpha value is -2.66. The highest BCUT2D eigenvalue weighted by atomic mass is 19.2. The molecule has 5 rings (SSSR count). The van der Waals surface area contributed by atoms with E-state index in [0.29, 0.717) is 21.6 Å². The lowest BCUT2D eigenvalue weighted by Crippen LogP contribution is -2.30. The molecule has 0 radical (unpaired) electrons. The Labute approximate surface area is 176 Å². The second-order valence-electron chi connectivity index (χ2n) is 8.69. The van der Waals surface area contributed by atoms with Gasteiger partial charge in [-0.05, 0) is 69.6 Å². The summed E-state index contributed by atoms with van der Waals surface area (Å²) in [5.41, 5.74) is 3.19. The summed E-state index contributed by atoms with van der Waals surface area (Å²) in [6.07, 6.45) is 8.61. The van der Waals surface area contributed by atoms with Gasteiger partial charge in [0, 0.05) is 29.2 Å². The molecular formula is C25H29FN4. The minimum Gasteiger partial charge on any atom is -0.347 e. The van der Waals surface area contributed by atoms with E-state index in [-0.39, 0.29) is 0 Å². The second-order valence-corrected chi connectivity index (χ2v) is 8.69. The highest BCUT2D eigenvalue weighted by Crippen LogP contribution is 2.32. The normalized spacial score (nSPS) is 16.1. The summed E-state index contributed by atoms with van der Waals surface area (Å²) < 4.78 is 17.2. The molecule has 4 nitrogen and oxygen atoms in total. The van der Waals surface area contributed by atoms with Gasteiger partial charge in [0.15, 0.2) is 5.82 Å². The van der Waals surface area contributed by atoms with Gasteiger partial charge in [0.25, 0.3) is 0 Å². The van der Waals surface area contributed by atoms with Crippen molar-refractivity contribution >= 4 is 21.9 Å². The number of hydrogen-bond acceptors (Lipinski definition) is 2. The molecule has 5 heteroatoms. The molecule has 0 unspecified atom stereocenters. The number of para-hydroxylation sites is 2. The van der Waals surface area contributed by atoms with Gasteiger partial charge in [-0.15, -0.1) is 0 Å². The molecular weight excluding hydrogens is 375 g/mol. The summed E-state index contributed by atoms with van der Waals surface area (Å²) in [5.74, 6) is 1.27. The molecule has 0 bridgehead atoms. The fourth-order valence-electron chi connectivity index (χ4n) is 4.84. The van der Waals surface area contributed by atoms with Crippen molar-refractivity contribution in [2.45, 2.75) is 38.6 Å². The first-order chi connectivity index (χ1) is 14.7. The summed E-state index contributed by atoms with van der Waals surface area (Å²) in [6, 6.07) is 15.5. The van der Waals surface area contributed by atoms with Crippen molar-refractivity contribution < 1.29 is 4.48 Å². The second kappa shape index (κ2) is 8.23. The zero-order valence-electron chi connectivity index (χ0n) is 17.6. The largest absolute Gasteiger partial charge is 0.347 e. The highest BCUT2D eigenvalue weighted by molar-refractivity contribution is 5.95. The van der Waals surface area contributed by atoms with Gasteiger partial charge in [-0.25, -0.2) is 4.98 Å². The fourth-order valence-corrected chi connectivity index (χ4v) is 4.84. The molecule has 0 aliphatic carbocycles. The number of benzene rings is 2. The topological polar surface area (TPSA) is 26.0 Å². The number of aryl methyl sites for hydroxylation is 1. The van der Waals surface area contributed by atoms with E-state index >= 15 is 0 Å². The number of imidazole rings is 1. The number of piperidine rings is 1. The van der Waals surface area contributed by atoms with Gasteiger partial charge in [0.1, 0.15) is 5.52 Å². The quantitative estimate of drug-likeness (QED) is 0.374. The molecule has 0 amide bonds. The molecule has 1 aliphatic rings. The van der Waals surface area contributed by atoms with E-state index in [2.05, 4.69) is 39.8 Å². The maximum absolute atomic E-state index is 14.9. The number of nitrogens with zero attached hydrogens (tertiary/aromatic N) is 4. The minimum absolute atomic E-state index is 0.377. The Bertz CT molecular complexity index is 1150. The van der Waals surface area contributed by atoms with Crippen molar-refractivity contribution in [2.75, 3.05) is 20.1 Å². The van der Waals surface area contributed by atoms with Gasteiger partial charge in [0.05, 0.1) is 5.52 Å². The van der Waals surface area contributed by atoms with E-state index in [0.717, 1.165) is 28.9 Å². The Morgan fingerprint density at radius 1 is 0.967 bits per heavy atom. The molecule has 0 atom stereocenters. The van der Waals surface area contributed by atoms with Gasteiger partial charge in [0.2, 0.25) is 0 Å². The van der Waals surface area contributed by atoms with Crippen molar-refractivity contribution in [1.29, 1.82) is 0 Å². The minimum atomic E-state index is 0.377. The number of hydrogen-bond donors (Lipinski definition) is 0. The number of halogens is 1. The van der Waals surface area contributed by atoms with Crippen LogP contribution in [0.25, 0.3) is 33.3 Å². The number of likely N-dealkylation sites (tertiary alicyclic amines) is 1. The van der Waals surface area contributed by atoms with Crippen LogP contribution in [0.5, 0.6) is 0 Å². The Morgan fingerprint density at radius 2 is 1.77 bits per heavy atom. The average Bonchev–Trinajstić information content (AvgIpc) is 3.34. The van der Waals surface area contributed by atoms with Crippen LogP contribution in [0.3, 0.4) is 0 Å². The van der Waals surface area contributed by atoms with Crippen LogP contribution in [0.2, 0.25) is 0 Å². The van der Waals surface area contributed by atoms with Gasteiger partial charge in [-0.3, -0.25) is 0 Å². The standard InChI is InChI=1S/C25H29FN4/c1-28-16-12-19(13-17-28)7-4-5-15-29-18-14-20-21(8-6-11-23(20)29)25-27-22-9-2-3-10-24(22)30(25)26/h2-3,6,8-11,14,18-19H,4-5,7,12-13,15-17H2,1H3.